The first kappa shape index (κ1) is 16.7. The molecule has 0 N–H and O–H groups in total. The number of carbonyl (C=O) groups is 1. The van der Waals surface area contributed by atoms with Crippen molar-refractivity contribution >= 4 is 17.2 Å². The molecule has 2 aliphatic rings. The smallest absolute Gasteiger partial charge is 0.250 e. The summed E-state index contributed by atoms with van der Waals surface area (Å²) in [7, 11) is 1.68. The standard InChI is InChI=1S/C20H18N6O2/c1-24-10-13(2-5-17(24)27)15-11-26-16(6-8-22-26)18(23-15)25-9-7-20(12-21,19(25)28)14-3-4-14/h2,5-6,8,10-11,14H,3-4,7,9H2,1H3/t20-/m1/s1. The van der Waals surface area contributed by atoms with E-state index in [9.17, 15) is 14.9 Å². The molecule has 28 heavy (non-hydrogen) atoms. The molecule has 1 aliphatic heterocycles. The average Bonchev–Trinajstić information content (AvgIpc) is 3.34. The topological polar surface area (TPSA) is 96.3 Å². The Morgan fingerprint density at radius 2 is 2.04 bits per heavy atom. The number of rotatable bonds is 3. The molecule has 2 fully saturated rings. The van der Waals surface area contributed by atoms with Crippen molar-refractivity contribution in [2.45, 2.75) is 19.3 Å². The van der Waals surface area contributed by atoms with E-state index < -0.39 is 5.41 Å². The third kappa shape index (κ3) is 2.29. The van der Waals surface area contributed by atoms with E-state index in [2.05, 4.69) is 11.2 Å². The molecule has 4 heterocycles. The molecular formula is C20H18N6O2. The summed E-state index contributed by atoms with van der Waals surface area (Å²) in [6, 6.07) is 7.31. The van der Waals surface area contributed by atoms with Crippen molar-refractivity contribution in [2.75, 3.05) is 11.4 Å². The third-order valence-corrected chi connectivity index (χ3v) is 5.84. The molecule has 1 atom stereocenters. The summed E-state index contributed by atoms with van der Waals surface area (Å²) < 4.78 is 3.17. The summed E-state index contributed by atoms with van der Waals surface area (Å²) in [6.45, 7) is 0.466. The van der Waals surface area contributed by atoms with Gasteiger partial charge in [0, 0.05) is 31.4 Å². The maximum absolute atomic E-state index is 13.2. The minimum Gasteiger partial charge on any atom is -0.318 e. The van der Waals surface area contributed by atoms with Gasteiger partial charge in [0.05, 0.1) is 24.2 Å². The van der Waals surface area contributed by atoms with Gasteiger partial charge in [-0.05, 0) is 37.3 Å². The summed E-state index contributed by atoms with van der Waals surface area (Å²) in [5, 5.41) is 14.1. The lowest BCUT2D eigenvalue weighted by Gasteiger charge is -2.21. The normalized spacial score (nSPS) is 22.0. The zero-order chi connectivity index (χ0) is 19.5. The van der Waals surface area contributed by atoms with Gasteiger partial charge in [0.15, 0.2) is 5.82 Å². The number of aromatic nitrogens is 4. The Morgan fingerprint density at radius 1 is 1.21 bits per heavy atom. The van der Waals surface area contributed by atoms with Crippen LogP contribution in [0.3, 0.4) is 0 Å². The quantitative estimate of drug-likeness (QED) is 0.696. The number of pyridine rings is 1. The van der Waals surface area contributed by atoms with Crippen LogP contribution in [0.4, 0.5) is 5.82 Å². The molecule has 8 heteroatoms. The van der Waals surface area contributed by atoms with E-state index in [-0.39, 0.29) is 17.4 Å². The zero-order valence-corrected chi connectivity index (χ0v) is 15.4. The second kappa shape index (κ2) is 5.76. The Kier molecular flexibility index (Phi) is 3.43. The van der Waals surface area contributed by atoms with Crippen LogP contribution in [0.15, 0.2) is 41.6 Å². The lowest BCUT2D eigenvalue weighted by Crippen LogP contribution is -2.36. The Morgan fingerprint density at radius 3 is 2.75 bits per heavy atom. The van der Waals surface area contributed by atoms with Crippen LogP contribution in [0.2, 0.25) is 0 Å². The van der Waals surface area contributed by atoms with Gasteiger partial charge in [-0.2, -0.15) is 10.4 Å². The summed E-state index contributed by atoms with van der Waals surface area (Å²) in [5.41, 5.74) is 1.04. The van der Waals surface area contributed by atoms with E-state index in [4.69, 9.17) is 4.98 Å². The van der Waals surface area contributed by atoms with Crippen LogP contribution in [-0.2, 0) is 11.8 Å². The number of nitrogens with zero attached hydrogens (tertiary/aromatic N) is 6. The van der Waals surface area contributed by atoms with Crippen LogP contribution in [0, 0.1) is 22.7 Å². The van der Waals surface area contributed by atoms with Crippen molar-refractivity contribution in [1.29, 1.82) is 5.26 Å². The largest absolute Gasteiger partial charge is 0.318 e. The minimum atomic E-state index is -0.925. The van der Waals surface area contributed by atoms with Crippen molar-refractivity contribution < 1.29 is 4.79 Å². The lowest BCUT2D eigenvalue weighted by molar-refractivity contribution is -0.123. The fourth-order valence-electron chi connectivity index (χ4n) is 4.08. The first-order valence-electron chi connectivity index (χ1n) is 9.28. The molecule has 0 bridgehead atoms. The Balaban J connectivity index is 1.65. The number of hydrogen-bond acceptors (Lipinski definition) is 5. The Bertz CT molecular complexity index is 1220. The van der Waals surface area contributed by atoms with Gasteiger partial charge in [0.25, 0.3) is 0 Å². The second-order valence-electron chi connectivity index (χ2n) is 7.54. The predicted octanol–water partition coefficient (Wildman–Crippen LogP) is 1.75. The van der Waals surface area contributed by atoms with Crippen LogP contribution in [0.1, 0.15) is 19.3 Å². The van der Waals surface area contributed by atoms with Gasteiger partial charge >= 0.3 is 0 Å². The molecule has 140 valence electrons. The number of nitriles is 1. The number of fused-ring (bicyclic) bond motifs is 1. The monoisotopic (exact) mass is 374 g/mol. The van der Waals surface area contributed by atoms with Crippen LogP contribution in [0.25, 0.3) is 16.8 Å². The molecular weight excluding hydrogens is 356 g/mol. The van der Waals surface area contributed by atoms with Crippen molar-refractivity contribution in [1.82, 2.24) is 19.2 Å². The number of aryl methyl sites for hydroxylation is 1. The molecule has 5 rings (SSSR count). The van der Waals surface area contributed by atoms with E-state index >= 15 is 0 Å². The van der Waals surface area contributed by atoms with E-state index in [1.54, 1.807) is 41.1 Å². The number of carbonyl (C=O) groups excluding carboxylic acids is 1. The number of amides is 1. The summed E-state index contributed by atoms with van der Waals surface area (Å²) in [5.74, 6) is 0.500. The Labute approximate surface area is 160 Å². The van der Waals surface area contributed by atoms with Crippen molar-refractivity contribution in [2.24, 2.45) is 18.4 Å². The van der Waals surface area contributed by atoms with Crippen molar-refractivity contribution in [3.8, 4) is 17.3 Å². The highest BCUT2D eigenvalue weighted by atomic mass is 16.2. The molecule has 3 aromatic heterocycles. The van der Waals surface area contributed by atoms with Crippen LogP contribution < -0.4 is 10.5 Å². The van der Waals surface area contributed by atoms with Crippen molar-refractivity contribution in [3.63, 3.8) is 0 Å². The highest BCUT2D eigenvalue weighted by Crippen LogP contribution is 2.52. The van der Waals surface area contributed by atoms with Gasteiger partial charge in [-0.3, -0.25) is 14.5 Å². The van der Waals surface area contributed by atoms with Gasteiger partial charge < -0.3 is 4.57 Å². The summed E-state index contributed by atoms with van der Waals surface area (Å²) in [4.78, 5) is 31.3. The van der Waals surface area contributed by atoms with Crippen molar-refractivity contribution in [3.05, 3.63) is 47.1 Å². The second-order valence-corrected chi connectivity index (χ2v) is 7.54. The van der Waals surface area contributed by atoms with Gasteiger partial charge in [-0.1, -0.05) is 0 Å². The lowest BCUT2D eigenvalue weighted by atomic mass is 9.83. The van der Waals surface area contributed by atoms with Crippen LogP contribution in [-0.4, -0.2) is 31.6 Å². The van der Waals surface area contributed by atoms with Gasteiger partial charge in [-0.15, -0.1) is 0 Å². The molecule has 1 aliphatic carbocycles. The molecule has 1 amide bonds. The van der Waals surface area contributed by atoms with Crippen LogP contribution in [0.5, 0.6) is 0 Å². The fraction of sp³-hybridized carbons (Fsp3) is 0.350. The molecule has 0 aromatic carbocycles. The first-order chi connectivity index (χ1) is 13.5. The van der Waals surface area contributed by atoms with Crippen LogP contribution >= 0.6 is 0 Å². The first-order valence-corrected chi connectivity index (χ1v) is 9.28. The van der Waals surface area contributed by atoms with E-state index in [1.807, 2.05) is 6.07 Å². The van der Waals surface area contributed by atoms with E-state index in [0.717, 1.165) is 18.4 Å². The molecule has 0 radical (unpaired) electrons. The Hall–Kier alpha value is -3.47. The van der Waals surface area contributed by atoms with Gasteiger partial charge in [0.2, 0.25) is 11.5 Å². The summed E-state index contributed by atoms with van der Waals surface area (Å²) >= 11 is 0. The maximum atomic E-state index is 13.2. The molecule has 1 saturated heterocycles. The average molecular weight is 374 g/mol. The van der Waals surface area contributed by atoms with Gasteiger partial charge in [0.1, 0.15) is 10.9 Å². The molecule has 0 spiro atoms. The van der Waals surface area contributed by atoms with E-state index in [0.29, 0.717) is 30.0 Å². The molecule has 3 aromatic rings. The molecule has 8 nitrogen and oxygen atoms in total. The van der Waals surface area contributed by atoms with Gasteiger partial charge in [-0.25, -0.2) is 9.50 Å². The number of hydrogen-bond donors (Lipinski definition) is 0. The zero-order valence-electron chi connectivity index (χ0n) is 15.4. The SMILES string of the molecule is Cn1cc(-c2cn3nccc3c(N3CC[C@@](C#N)(C4CC4)C3=O)n2)ccc1=O. The molecule has 1 saturated carbocycles. The third-order valence-electron chi connectivity index (χ3n) is 5.84. The van der Waals surface area contributed by atoms with E-state index in [1.165, 1.54) is 10.6 Å². The number of anilines is 1. The molecule has 0 unspecified atom stereocenters. The minimum absolute atomic E-state index is 0.109. The highest BCUT2D eigenvalue weighted by molar-refractivity contribution is 6.04. The maximum Gasteiger partial charge on any atom is 0.250 e. The highest BCUT2D eigenvalue weighted by Gasteiger charge is 2.57. The predicted molar refractivity (Wildman–Crippen MR) is 101 cm³/mol. The summed E-state index contributed by atoms with van der Waals surface area (Å²) in [6.07, 6.45) is 7.53. The fourth-order valence-corrected chi connectivity index (χ4v) is 4.08.